The molecular weight excluding hydrogens is 564 g/mol. The lowest BCUT2D eigenvalue weighted by atomic mass is 9.88. The minimum Gasteiger partial charge on any atom is -0.478 e. The van der Waals surface area contributed by atoms with Crippen LogP contribution in [0, 0.1) is 0 Å². The third-order valence-corrected chi connectivity index (χ3v) is 8.41. The number of benzene rings is 4. The van der Waals surface area contributed by atoms with Gasteiger partial charge in [0.05, 0.1) is 30.0 Å². The van der Waals surface area contributed by atoms with Crippen molar-refractivity contribution in [2.75, 3.05) is 14.1 Å². The number of carbonyl (C=O) groups excluding carboxylic acids is 2. The van der Waals surface area contributed by atoms with Crippen LogP contribution in [0.25, 0.3) is 11.1 Å². The zero-order valence-electron chi connectivity index (χ0n) is 25.2. The highest BCUT2D eigenvalue weighted by molar-refractivity contribution is 5.96. The molecule has 1 N–H and O–H groups in total. The molecule has 0 spiro atoms. The predicted octanol–water partition coefficient (Wildman–Crippen LogP) is 5.47. The molecule has 226 valence electrons. The number of aromatic nitrogens is 2. The van der Waals surface area contributed by atoms with Crippen LogP contribution >= 0.6 is 0 Å². The molecule has 4 aromatic carbocycles. The molecule has 1 aliphatic heterocycles. The number of aromatic carboxylic acids is 1. The molecule has 0 fully saturated rings. The summed E-state index contributed by atoms with van der Waals surface area (Å²) in [6, 6.07) is 33.4. The highest BCUT2D eigenvalue weighted by Gasteiger charge is 2.40. The third kappa shape index (κ3) is 5.99. The summed E-state index contributed by atoms with van der Waals surface area (Å²) in [7, 11) is 3.43. The molecular formula is C37H34N4O4. The molecule has 2 heterocycles. The fourth-order valence-electron chi connectivity index (χ4n) is 6.11. The number of likely N-dealkylation sites (N-methyl/N-ethyl adjacent to an activating group) is 1. The number of hydrogen-bond acceptors (Lipinski definition) is 4. The fourth-order valence-corrected chi connectivity index (χ4v) is 6.11. The first-order valence-corrected chi connectivity index (χ1v) is 14.9. The second-order valence-electron chi connectivity index (χ2n) is 11.5. The molecule has 2 amide bonds. The number of fused-ring (bicyclic) bond motifs is 1. The molecule has 6 rings (SSSR count). The van der Waals surface area contributed by atoms with Crippen molar-refractivity contribution in [1.82, 2.24) is 19.4 Å². The molecule has 5 aromatic rings. The number of carbonyl (C=O) groups is 3. The quantitative estimate of drug-likeness (QED) is 0.256. The Morgan fingerprint density at radius 3 is 2.04 bits per heavy atom. The van der Waals surface area contributed by atoms with Gasteiger partial charge in [-0.1, -0.05) is 103 Å². The van der Waals surface area contributed by atoms with E-state index in [1.807, 2.05) is 95.6 Å². The van der Waals surface area contributed by atoms with Crippen molar-refractivity contribution in [3.05, 3.63) is 149 Å². The van der Waals surface area contributed by atoms with Crippen molar-refractivity contribution in [1.29, 1.82) is 0 Å². The second kappa shape index (κ2) is 12.6. The van der Waals surface area contributed by atoms with E-state index in [9.17, 15) is 19.5 Å². The zero-order chi connectivity index (χ0) is 31.5. The molecule has 0 bridgehead atoms. The standard InChI is InChI=1S/C37H34N4O4/c1-39(2)35(42)33-21-32-31(23-41(33)36(43)34(27-11-5-3-6-12-27)28-13-7-4-8-14-28)38-24-40(32)22-25-17-19-26(20-18-25)29-15-9-10-16-30(29)37(44)45/h3-20,24,33-34H,21-23H2,1-2H3,(H,44,45). The second-order valence-corrected chi connectivity index (χ2v) is 11.5. The van der Waals surface area contributed by atoms with Gasteiger partial charge in [-0.25, -0.2) is 9.78 Å². The third-order valence-electron chi connectivity index (χ3n) is 8.41. The molecule has 45 heavy (non-hydrogen) atoms. The normalized spacial score (nSPS) is 14.2. The Bertz CT molecular complexity index is 1790. The number of hydrogen-bond donors (Lipinski definition) is 1. The van der Waals surface area contributed by atoms with Crippen LogP contribution < -0.4 is 0 Å². The van der Waals surface area contributed by atoms with Gasteiger partial charge in [-0.05, 0) is 33.9 Å². The van der Waals surface area contributed by atoms with E-state index in [1.165, 1.54) is 0 Å². The van der Waals surface area contributed by atoms with Crippen LogP contribution in [0.15, 0.2) is 116 Å². The van der Waals surface area contributed by atoms with E-state index in [2.05, 4.69) is 0 Å². The van der Waals surface area contributed by atoms with Crippen molar-refractivity contribution in [3.63, 3.8) is 0 Å². The lowest BCUT2D eigenvalue weighted by Gasteiger charge is -2.38. The number of amides is 2. The van der Waals surface area contributed by atoms with Crippen LogP contribution in [0.1, 0.15) is 44.4 Å². The molecule has 0 saturated heterocycles. The van der Waals surface area contributed by atoms with Gasteiger partial charge in [-0.15, -0.1) is 0 Å². The molecule has 1 atom stereocenters. The molecule has 1 aromatic heterocycles. The molecule has 0 radical (unpaired) electrons. The van der Waals surface area contributed by atoms with Crippen molar-refractivity contribution >= 4 is 17.8 Å². The average molecular weight is 599 g/mol. The highest BCUT2D eigenvalue weighted by Crippen LogP contribution is 2.32. The Kier molecular flexibility index (Phi) is 8.29. The maximum atomic E-state index is 14.4. The highest BCUT2D eigenvalue weighted by atomic mass is 16.4. The summed E-state index contributed by atoms with van der Waals surface area (Å²) in [6.45, 7) is 0.753. The van der Waals surface area contributed by atoms with Crippen molar-refractivity contribution in [3.8, 4) is 11.1 Å². The van der Waals surface area contributed by atoms with Crippen molar-refractivity contribution < 1.29 is 19.5 Å². The number of nitrogens with zero attached hydrogens (tertiary/aromatic N) is 4. The van der Waals surface area contributed by atoms with Gasteiger partial charge in [0.25, 0.3) is 0 Å². The Hall–Kier alpha value is -5.50. The predicted molar refractivity (Wildman–Crippen MR) is 172 cm³/mol. The van der Waals surface area contributed by atoms with Gasteiger partial charge in [0.1, 0.15) is 6.04 Å². The van der Waals surface area contributed by atoms with E-state index in [0.717, 1.165) is 33.6 Å². The van der Waals surface area contributed by atoms with E-state index in [4.69, 9.17) is 4.98 Å². The van der Waals surface area contributed by atoms with Crippen molar-refractivity contribution in [2.24, 2.45) is 0 Å². The summed E-state index contributed by atoms with van der Waals surface area (Å²) >= 11 is 0. The molecule has 1 unspecified atom stereocenters. The van der Waals surface area contributed by atoms with E-state index >= 15 is 0 Å². The molecule has 8 nitrogen and oxygen atoms in total. The van der Waals surface area contributed by atoms with Crippen LogP contribution in [0.2, 0.25) is 0 Å². The number of carboxylic acids is 1. The van der Waals surface area contributed by atoms with Crippen LogP contribution in [0.5, 0.6) is 0 Å². The first kappa shape index (κ1) is 29.6. The van der Waals surface area contributed by atoms with Crippen LogP contribution in [-0.4, -0.2) is 62.4 Å². The van der Waals surface area contributed by atoms with Crippen LogP contribution in [-0.2, 0) is 29.1 Å². The number of rotatable bonds is 8. The number of carboxylic acid groups (broad SMARTS) is 1. The van der Waals surface area contributed by atoms with Crippen LogP contribution in [0.3, 0.4) is 0 Å². The fraction of sp³-hybridized carbons (Fsp3) is 0.189. The van der Waals surface area contributed by atoms with Gasteiger partial charge in [-0.3, -0.25) is 9.59 Å². The van der Waals surface area contributed by atoms with Gasteiger partial charge in [0.15, 0.2) is 0 Å². The van der Waals surface area contributed by atoms with E-state index in [-0.39, 0.29) is 23.9 Å². The summed E-state index contributed by atoms with van der Waals surface area (Å²) < 4.78 is 2.04. The summed E-state index contributed by atoms with van der Waals surface area (Å²) in [5.74, 6) is -1.79. The van der Waals surface area contributed by atoms with Crippen molar-refractivity contribution in [2.45, 2.75) is 31.5 Å². The minimum atomic E-state index is -0.965. The molecule has 0 aliphatic carbocycles. The molecule has 1 aliphatic rings. The van der Waals surface area contributed by atoms with E-state index in [1.54, 1.807) is 48.4 Å². The van der Waals surface area contributed by atoms with Gasteiger partial charge in [-0.2, -0.15) is 0 Å². The first-order chi connectivity index (χ1) is 21.8. The summed E-state index contributed by atoms with van der Waals surface area (Å²) in [5.41, 5.74) is 6.19. The lowest BCUT2D eigenvalue weighted by molar-refractivity contribution is -0.146. The Balaban J connectivity index is 1.30. The monoisotopic (exact) mass is 598 g/mol. The first-order valence-electron chi connectivity index (χ1n) is 14.9. The SMILES string of the molecule is CN(C)C(=O)C1Cc2c(ncn2Cc2ccc(-c3ccccc3C(=O)O)cc2)CN1C(=O)C(c1ccccc1)c1ccccc1. The summed E-state index contributed by atoms with van der Waals surface area (Å²) in [4.78, 5) is 47.7. The summed E-state index contributed by atoms with van der Waals surface area (Å²) in [5, 5.41) is 9.60. The average Bonchev–Trinajstić information content (AvgIpc) is 3.46. The Morgan fingerprint density at radius 1 is 0.844 bits per heavy atom. The Morgan fingerprint density at radius 2 is 1.44 bits per heavy atom. The van der Waals surface area contributed by atoms with Gasteiger partial charge >= 0.3 is 5.97 Å². The van der Waals surface area contributed by atoms with Gasteiger partial charge in [0, 0.05) is 32.8 Å². The summed E-state index contributed by atoms with van der Waals surface area (Å²) in [6.07, 6.45) is 2.12. The number of imidazole rings is 1. The van der Waals surface area contributed by atoms with Gasteiger partial charge in [0.2, 0.25) is 11.8 Å². The smallest absolute Gasteiger partial charge is 0.336 e. The minimum absolute atomic E-state index is 0.134. The lowest BCUT2D eigenvalue weighted by Crippen LogP contribution is -2.53. The van der Waals surface area contributed by atoms with Gasteiger partial charge < -0.3 is 19.5 Å². The Labute approximate surface area is 262 Å². The van der Waals surface area contributed by atoms with E-state index in [0.29, 0.717) is 18.5 Å². The van der Waals surface area contributed by atoms with E-state index < -0.39 is 17.9 Å². The molecule has 8 heteroatoms. The maximum absolute atomic E-state index is 14.4. The largest absolute Gasteiger partial charge is 0.478 e. The zero-order valence-corrected chi connectivity index (χ0v) is 25.2. The topological polar surface area (TPSA) is 95.7 Å². The van der Waals surface area contributed by atoms with Crippen LogP contribution in [0.4, 0.5) is 0 Å². The molecule has 0 saturated carbocycles. The maximum Gasteiger partial charge on any atom is 0.336 e.